The molecule has 0 spiro atoms. The molecule has 1 heterocycles. The molecular formula is C23H22ClN3O2S. The molecule has 2 N–H and O–H groups in total. The zero-order chi connectivity index (χ0) is 21.3. The Morgan fingerprint density at radius 2 is 1.80 bits per heavy atom. The summed E-state index contributed by atoms with van der Waals surface area (Å²) in [5.74, 6) is 0.455. The number of rotatable bonds is 8. The number of aromatic nitrogens is 1. The summed E-state index contributed by atoms with van der Waals surface area (Å²) in [6, 6.07) is 18.3. The highest BCUT2D eigenvalue weighted by Gasteiger charge is 2.17. The Morgan fingerprint density at radius 3 is 2.43 bits per heavy atom. The molecule has 5 nitrogen and oxygen atoms in total. The number of benzene rings is 2. The van der Waals surface area contributed by atoms with Crippen LogP contribution in [0.4, 0.5) is 5.69 Å². The summed E-state index contributed by atoms with van der Waals surface area (Å²) in [6.45, 7) is 1.43. The minimum absolute atomic E-state index is 0.124. The Labute approximate surface area is 185 Å². The molecule has 7 heteroatoms. The van der Waals surface area contributed by atoms with Crippen molar-refractivity contribution in [3.05, 3.63) is 89.2 Å². The first-order valence-electron chi connectivity index (χ1n) is 9.44. The lowest BCUT2D eigenvalue weighted by molar-refractivity contribution is -0.120. The molecular weight excluding hydrogens is 418 g/mol. The summed E-state index contributed by atoms with van der Waals surface area (Å²) in [4.78, 5) is 29.3. The van der Waals surface area contributed by atoms with Crippen LogP contribution in [0.1, 0.15) is 30.5 Å². The normalized spacial score (nSPS) is 11.5. The largest absolute Gasteiger partial charge is 0.349 e. The number of carbonyl (C=O) groups is 2. The van der Waals surface area contributed by atoms with E-state index in [1.807, 2.05) is 54.7 Å². The monoisotopic (exact) mass is 439 g/mol. The van der Waals surface area contributed by atoms with Gasteiger partial charge < -0.3 is 10.6 Å². The van der Waals surface area contributed by atoms with E-state index in [9.17, 15) is 9.59 Å². The van der Waals surface area contributed by atoms with Crippen molar-refractivity contribution >= 4 is 40.9 Å². The van der Waals surface area contributed by atoms with Gasteiger partial charge in [0, 0.05) is 40.7 Å². The fourth-order valence-corrected chi connectivity index (χ4v) is 3.83. The molecule has 154 valence electrons. The van der Waals surface area contributed by atoms with Gasteiger partial charge in [-0.25, -0.2) is 0 Å². The third kappa shape index (κ3) is 6.90. The molecule has 0 radical (unpaired) electrons. The SMILES string of the molecule is CC(=O)NC(CC(=O)Nc1ccc(SCc2cccnc2)cc1)c1ccc(Cl)cc1. The number of hydrogen-bond acceptors (Lipinski definition) is 4. The van der Waals surface area contributed by atoms with Crippen LogP contribution in [-0.4, -0.2) is 16.8 Å². The van der Waals surface area contributed by atoms with Crippen LogP contribution < -0.4 is 10.6 Å². The summed E-state index contributed by atoms with van der Waals surface area (Å²) in [7, 11) is 0. The van der Waals surface area contributed by atoms with Crippen molar-refractivity contribution in [3.63, 3.8) is 0 Å². The van der Waals surface area contributed by atoms with Crippen LogP contribution in [0, 0.1) is 0 Å². The van der Waals surface area contributed by atoms with Gasteiger partial charge in [-0.05, 0) is 53.6 Å². The molecule has 0 saturated heterocycles. The van der Waals surface area contributed by atoms with E-state index >= 15 is 0 Å². The van der Waals surface area contributed by atoms with Crippen LogP contribution in [0.5, 0.6) is 0 Å². The fraction of sp³-hybridized carbons (Fsp3) is 0.174. The van der Waals surface area contributed by atoms with Crippen molar-refractivity contribution in [2.45, 2.75) is 30.0 Å². The van der Waals surface area contributed by atoms with Gasteiger partial charge in [0.15, 0.2) is 0 Å². The summed E-state index contributed by atoms with van der Waals surface area (Å²) in [5, 5.41) is 6.32. The van der Waals surface area contributed by atoms with E-state index in [0.717, 1.165) is 21.8 Å². The number of hydrogen-bond donors (Lipinski definition) is 2. The third-order valence-corrected chi connectivity index (χ3v) is 5.64. The Bertz CT molecular complexity index is 980. The second kappa shape index (κ2) is 10.8. The van der Waals surface area contributed by atoms with Crippen molar-refractivity contribution in [3.8, 4) is 0 Å². The van der Waals surface area contributed by atoms with Crippen molar-refractivity contribution < 1.29 is 9.59 Å². The molecule has 1 atom stereocenters. The summed E-state index contributed by atoms with van der Waals surface area (Å²) in [5.41, 5.74) is 2.70. The standard InChI is InChI=1S/C23H22ClN3O2S/c1-16(28)26-22(18-4-6-19(24)7-5-18)13-23(29)27-20-8-10-21(11-9-20)30-15-17-3-2-12-25-14-17/h2-12,14,22H,13,15H2,1H3,(H,26,28)(H,27,29). The lowest BCUT2D eigenvalue weighted by Crippen LogP contribution is -2.29. The lowest BCUT2D eigenvalue weighted by Gasteiger charge is -2.18. The molecule has 2 aromatic carbocycles. The van der Waals surface area contributed by atoms with Crippen LogP contribution in [0.15, 0.2) is 78.0 Å². The maximum Gasteiger partial charge on any atom is 0.226 e. The summed E-state index contributed by atoms with van der Waals surface area (Å²) in [6.07, 6.45) is 3.74. The molecule has 1 unspecified atom stereocenters. The van der Waals surface area contributed by atoms with Crippen LogP contribution in [-0.2, 0) is 15.3 Å². The quantitative estimate of drug-likeness (QED) is 0.471. The molecule has 30 heavy (non-hydrogen) atoms. The number of nitrogens with one attached hydrogen (secondary N) is 2. The molecule has 0 aliphatic rings. The number of thioether (sulfide) groups is 1. The second-order valence-electron chi connectivity index (χ2n) is 6.73. The van der Waals surface area contributed by atoms with Gasteiger partial charge in [0.05, 0.1) is 12.5 Å². The van der Waals surface area contributed by atoms with Gasteiger partial charge in [0.1, 0.15) is 0 Å². The smallest absolute Gasteiger partial charge is 0.226 e. The van der Waals surface area contributed by atoms with E-state index in [1.165, 1.54) is 6.92 Å². The van der Waals surface area contributed by atoms with Gasteiger partial charge in [-0.2, -0.15) is 0 Å². The van der Waals surface area contributed by atoms with E-state index in [0.29, 0.717) is 10.7 Å². The highest BCUT2D eigenvalue weighted by atomic mass is 35.5. The van der Waals surface area contributed by atoms with Crippen LogP contribution in [0.2, 0.25) is 5.02 Å². The first kappa shape index (κ1) is 21.9. The molecule has 0 aliphatic carbocycles. The molecule has 0 saturated carbocycles. The zero-order valence-electron chi connectivity index (χ0n) is 16.5. The Morgan fingerprint density at radius 1 is 1.07 bits per heavy atom. The van der Waals surface area contributed by atoms with Crippen molar-refractivity contribution in [2.75, 3.05) is 5.32 Å². The summed E-state index contributed by atoms with van der Waals surface area (Å²) < 4.78 is 0. The average molecular weight is 440 g/mol. The van der Waals surface area contributed by atoms with Crippen LogP contribution >= 0.6 is 23.4 Å². The van der Waals surface area contributed by atoms with E-state index in [-0.39, 0.29) is 18.2 Å². The van der Waals surface area contributed by atoms with Gasteiger partial charge >= 0.3 is 0 Å². The highest BCUT2D eigenvalue weighted by molar-refractivity contribution is 7.98. The second-order valence-corrected chi connectivity index (χ2v) is 8.22. The minimum atomic E-state index is -0.422. The lowest BCUT2D eigenvalue weighted by atomic mass is 10.0. The molecule has 1 aromatic heterocycles. The number of pyridine rings is 1. The third-order valence-electron chi connectivity index (χ3n) is 4.31. The predicted octanol–water partition coefficient (Wildman–Crippen LogP) is 5.23. The van der Waals surface area contributed by atoms with Crippen molar-refractivity contribution in [2.24, 2.45) is 0 Å². The van der Waals surface area contributed by atoms with Gasteiger partial charge in [-0.1, -0.05) is 29.8 Å². The number of amides is 2. The van der Waals surface area contributed by atoms with Crippen LogP contribution in [0.3, 0.4) is 0 Å². The molecule has 0 bridgehead atoms. The molecule has 3 aromatic rings. The predicted molar refractivity (Wildman–Crippen MR) is 121 cm³/mol. The van der Waals surface area contributed by atoms with Crippen molar-refractivity contribution in [1.82, 2.24) is 10.3 Å². The Balaban J connectivity index is 1.57. The minimum Gasteiger partial charge on any atom is -0.349 e. The number of carbonyl (C=O) groups excluding carboxylic acids is 2. The molecule has 0 fully saturated rings. The number of anilines is 1. The van der Waals surface area contributed by atoms with Crippen molar-refractivity contribution in [1.29, 1.82) is 0 Å². The Kier molecular flexibility index (Phi) is 7.88. The van der Waals surface area contributed by atoms with Crippen LogP contribution in [0.25, 0.3) is 0 Å². The first-order valence-corrected chi connectivity index (χ1v) is 10.8. The van der Waals surface area contributed by atoms with E-state index in [4.69, 9.17) is 11.6 Å². The molecule has 0 aliphatic heterocycles. The first-order chi connectivity index (χ1) is 14.5. The molecule has 2 amide bonds. The number of halogens is 1. The van der Waals surface area contributed by atoms with E-state index in [1.54, 1.807) is 30.1 Å². The molecule has 3 rings (SSSR count). The van der Waals surface area contributed by atoms with Gasteiger partial charge in [0.25, 0.3) is 0 Å². The van der Waals surface area contributed by atoms with Gasteiger partial charge in [0.2, 0.25) is 11.8 Å². The maximum absolute atomic E-state index is 12.5. The average Bonchev–Trinajstić information content (AvgIpc) is 2.74. The zero-order valence-corrected chi connectivity index (χ0v) is 18.0. The highest BCUT2D eigenvalue weighted by Crippen LogP contribution is 2.25. The Hall–Kier alpha value is -2.83. The van der Waals surface area contributed by atoms with E-state index in [2.05, 4.69) is 15.6 Å². The van der Waals surface area contributed by atoms with E-state index < -0.39 is 6.04 Å². The summed E-state index contributed by atoms with van der Waals surface area (Å²) >= 11 is 7.64. The number of nitrogens with zero attached hydrogens (tertiary/aromatic N) is 1. The van der Waals surface area contributed by atoms with Gasteiger partial charge in [-0.3, -0.25) is 14.6 Å². The topological polar surface area (TPSA) is 71.1 Å². The maximum atomic E-state index is 12.5. The fourth-order valence-electron chi connectivity index (χ4n) is 2.87. The van der Waals surface area contributed by atoms with Gasteiger partial charge in [-0.15, -0.1) is 11.8 Å².